The number of hydrogen-bond acceptors (Lipinski definition) is 3. The Morgan fingerprint density at radius 1 is 0.562 bits per heavy atom. The molecule has 32 heavy (non-hydrogen) atoms. The first-order valence-corrected chi connectivity index (χ1v) is 11.5. The number of nitriles is 1. The molecule has 152 valence electrons. The van der Waals surface area contributed by atoms with Crippen molar-refractivity contribution in [2.24, 2.45) is 0 Å². The van der Waals surface area contributed by atoms with Crippen LogP contribution in [0.15, 0.2) is 99.9 Å². The van der Waals surface area contributed by atoms with Crippen molar-refractivity contribution in [1.29, 1.82) is 5.26 Å². The van der Waals surface area contributed by atoms with Crippen molar-refractivity contribution in [3.05, 3.63) is 106 Å². The van der Waals surface area contributed by atoms with Gasteiger partial charge >= 0.3 is 0 Å². The summed E-state index contributed by atoms with van der Waals surface area (Å²) >= 11 is 7.03. The van der Waals surface area contributed by atoms with Gasteiger partial charge in [-0.15, -0.1) is 0 Å². The van der Waals surface area contributed by atoms with Crippen LogP contribution in [0.25, 0.3) is 44.7 Å². The summed E-state index contributed by atoms with van der Waals surface area (Å²) in [5.74, 6) is 0.658. The molecule has 0 saturated heterocycles. The number of halogens is 2. The monoisotopic (exact) mass is 539 g/mol. The molecular formula is C27H15Br2N3. The van der Waals surface area contributed by atoms with Crippen LogP contribution in [0, 0.1) is 11.3 Å². The maximum atomic E-state index is 9.13. The van der Waals surface area contributed by atoms with Crippen LogP contribution in [0.5, 0.6) is 0 Å². The Balaban J connectivity index is 1.68. The topological polar surface area (TPSA) is 49.6 Å². The van der Waals surface area contributed by atoms with Crippen LogP contribution < -0.4 is 0 Å². The second-order valence-electron chi connectivity index (χ2n) is 7.36. The SMILES string of the molecule is N#Cc1ccc(-c2cc(-c3ccc4cc(Br)ccc4c3)nc(-c3ccc(Br)cc3)n2)cc1. The average molecular weight is 541 g/mol. The summed E-state index contributed by atoms with van der Waals surface area (Å²) in [6, 6.07) is 32.2. The molecular weight excluding hydrogens is 526 g/mol. The van der Waals surface area contributed by atoms with Gasteiger partial charge in [-0.25, -0.2) is 9.97 Å². The van der Waals surface area contributed by atoms with E-state index in [4.69, 9.17) is 15.2 Å². The lowest BCUT2D eigenvalue weighted by atomic mass is 10.0. The third-order valence-electron chi connectivity index (χ3n) is 5.24. The van der Waals surface area contributed by atoms with Crippen molar-refractivity contribution in [1.82, 2.24) is 9.97 Å². The van der Waals surface area contributed by atoms with E-state index >= 15 is 0 Å². The zero-order valence-electron chi connectivity index (χ0n) is 16.8. The smallest absolute Gasteiger partial charge is 0.160 e. The van der Waals surface area contributed by atoms with Gasteiger partial charge in [0.2, 0.25) is 0 Å². The molecule has 3 nitrogen and oxygen atoms in total. The molecule has 0 unspecified atom stereocenters. The number of fused-ring (bicyclic) bond motifs is 1. The minimum Gasteiger partial charge on any atom is -0.228 e. The maximum absolute atomic E-state index is 9.13. The van der Waals surface area contributed by atoms with Gasteiger partial charge in [-0.2, -0.15) is 5.26 Å². The molecule has 0 aliphatic carbocycles. The Hall–Kier alpha value is -3.33. The van der Waals surface area contributed by atoms with Gasteiger partial charge in [0.25, 0.3) is 0 Å². The fourth-order valence-corrected chi connectivity index (χ4v) is 4.21. The summed E-state index contributed by atoms with van der Waals surface area (Å²) in [4.78, 5) is 9.74. The Labute approximate surface area is 202 Å². The Bertz CT molecular complexity index is 1490. The summed E-state index contributed by atoms with van der Waals surface area (Å²) in [5, 5.41) is 11.4. The summed E-state index contributed by atoms with van der Waals surface area (Å²) in [5.41, 5.74) is 5.19. The van der Waals surface area contributed by atoms with Crippen molar-refractivity contribution >= 4 is 42.6 Å². The second-order valence-corrected chi connectivity index (χ2v) is 9.20. The zero-order valence-corrected chi connectivity index (χ0v) is 19.9. The molecule has 1 heterocycles. The highest BCUT2D eigenvalue weighted by Gasteiger charge is 2.11. The van der Waals surface area contributed by atoms with Crippen LogP contribution in [0.1, 0.15) is 5.56 Å². The lowest BCUT2D eigenvalue weighted by Crippen LogP contribution is -1.96. The predicted octanol–water partition coefficient (Wildman–Crippen LogP) is 8.03. The van der Waals surface area contributed by atoms with Crippen molar-refractivity contribution in [2.75, 3.05) is 0 Å². The number of hydrogen-bond donors (Lipinski definition) is 0. The molecule has 0 amide bonds. The van der Waals surface area contributed by atoms with E-state index in [1.165, 1.54) is 0 Å². The Morgan fingerprint density at radius 3 is 1.84 bits per heavy atom. The molecule has 0 N–H and O–H groups in total. The molecule has 0 bridgehead atoms. The van der Waals surface area contributed by atoms with Gasteiger partial charge < -0.3 is 0 Å². The largest absolute Gasteiger partial charge is 0.228 e. The van der Waals surface area contributed by atoms with E-state index in [9.17, 15) is 0 Å². The number of rotatable bonds is 3. The molecule has 0 atom stereocenters. The Kier molecular flexibility index (Phi) is 5.57. The quantitative estimate of drug-likeness (QED) is 0.233. The number of benzene rings is 4. The van der Waals surface area contributed by atoms with E-state index in [-0.39, 0.29) is 0 Å². The van der Waals surface area contributed by atoms with Crippen molar-refractivity contribution in [2.45, 2.75) is 0 Å². The minimum atomic E-state index is 0.622. The van der Waals surface area contributed by atoms with Gasteiger partial charge in [0.15, 0.2) is 5.82 Å². The minimum absolute atomic E-state index is 0.622. The van der Waals surface area contributed by atoms with E-state index in [0.717, 1.165) is 47.8 Å². The summed E-state index contributed by atoms with van der Waals surface area (Å²) in [6.07, 6.45) is 0. The third-order valence-corrected chi connectivity index (χ3v) is 6.26. The van der Waals surface area contributed by atoms with Crippen LogP contribution in [-0.4, -0.2) is 9.97 Å². The zero-order chi connectivity index (χ0) is 22.1. The van der Waals surface area contributed by atoms with Gasteiger partial charge in [0.1, 0.15) is 0 Å². The van der Waals surface area contributed by atoms with Crippen LogP contribution >= 0.6 is 31.9 Å². The average Bonchev–Trinajstić information content (AvgIpc) is 2.84. The third kappa shape index (κ3) is 4.20. The molecule has 5 rings (SSSR count). The molecule has 0 radical (unpaired) electrons. The first-order chi connectivity index (χ1) is 15.6. The van der Waals surface area contributed by atoms with E-state index in [1.54, 1.807) is 0 Å². The fraction of sp³-hybridized carbons (Fsp3) is 0. The molecule has 4 aromatic carbocycles. The molecule has 1 aromatic heterocycles. The van der Waals surface area contributed by atoms with Crippen LogP contribution in [-0.2, 0) is 0 Å². The molecule has 5 aromatic rings. The highest BCUT2D eigenvalue weighted by Crippen LogP contribution is 2.30. The van der Waals surface area contributed by atoms with Crippen molar-refractivity contribution < 1.29 is 0 Å². The van der Waals surface area contributed by atoms with Crippen LogP contribution in [0.2, 0.25) is 0 Å². The van der Waals surface area contributed by atoms with Gasteiger partial charge in [0, 0.05) is 25.6 Å². The maximum Gasteiger partial charge on any atom is 0.160 e. The molecule has 5 heteroatoms. The van der Waals surface area contributed by atoms with Crippen LogP contribution in [0.4, 0.5) is 0 Å². The molecule has 0 fully saturated rings. The van der Waals surface area contributed by atoms with Crippen molar-refractivity contribution in [3.63, 3.8) is 0 Å². The first kappa shape index (κ1) is 20.6. The lowest BCUT2D eigenvalue weighted by Gasteiger charge is -2.10. The van der Waals surface area contributed by atoms with E-state index < -0.39 is 0 Å². The van der Waals surface area contributed by atoms with Gasteiger partial charge in [-0.05, 0) is 59.3 Å². The molecule has 0 aliphatic heterocycles. The van der Waals surface area contributed by atoms with Gasteiger partial charge in [0.05, 0.1) is 23.0 Å². The molecule has 0 aliphatic rings. The summed E-state index contributed by atoms with van der Waals surface area (Å²) < 4.78 is 2.06. The highest BCUT2D eigenvalue weighted by atomic mass is 79.9. The van der Waals surface area contributed by atoms with E-state index in [0.29, 0.717) is 11.4 Å². The van der Waals surface area contributed by atoms with E-state index in [1.807, 2.05) is 60.7 Å². The normalized spacial score (nSPS) is 10.8. The summed E-state index contributed by atoms with van der Waals surface area (Å²) in [6.45, 7) is 0. The van der Waals surface area contributed by atoms with Crippen LogP contribution in [0.3, 0.4) is 0 Å². The molecule has 0 saturated carbocycles. The molecule has 0 spiro atoms. The lowest BCUT2D eigenvalue weighted by molar-refractivity contribution is 1.18. The first-order valence-electron chi connectivity index (χ1n) is 9.94. The second kappa shape index (κ2) is 8.66. The van der Waals surface area contributed by atoms with Gasteiger partial charge in [-0.3, -0.25) is 0 Å². The standard InChI is InChI=1S/C27H15Br2N3/c28-23-10-7-19(8-11-23)27-31-25(18-3-1-17(16-30)2-4-18)15-26(32-27)22-6-5-21-14-24(29)12-9-20(21)13-22/h1-15H. The van der Waals surface area contributed by atoms with E-state index in [2.05, 4.69) is 68.3 Å². The summed E-state index contributed by atoms with van der Waals surface area (Å²) in [7, 11) is 0. The number of aromatic nitrogens is 2. The highest BCUT2D eigenvalue weighted by molar-refractivity contribution is 9.10. The predicted molar refractivity (Wildman–Crippen MR) is 136 cm³/mol. The Morgan fingerprint density at radius 2 is 1.12 bits per heavy atom. The van der Waals surface area contributed by atoms with Gasteiger partial charge in [-0.1, -0.05) is 74.3 Å². The van der Waals surface area contributed by atoms with Crippen molar-refractivity contribution in [3.8, 4) is 40.0 Å². The number of nitrogens with zero attached hydrogens (tertiary/aromatic N) is 3. The fourth-order valence-electron chi connectivity index (χ4n) is 3.56.